The third kappa shape index (κ3) is 3.52. The van der Waals surface area contributed by atoms with Crippen molar-refractivity contribution in [3.63, 3.8) is 0 Å². The predicted octanol–water partition coefficient (Wildman–Crippen LogP) is 4.82. The van der Waals surface area contributed by atoms with Crippen LogP contribution in [0.25, 0.3) is 0 Å². The van der Waals surface area contributed by atoms with Crippen molar-refractivity contribution in [2.75, 3.05) is 5.32 Å². The van der Waals surface area contributed by atoms with Gasteiger partial charge >= 0.3 is 0 Å². The number of thiol groups is 1. The summed E-state index contributed by atoms with van der Waals surface area (Å²) < 4.78 is 0. The largest absolute Gasteiger partial charge is 0.325 e. The summed E-state index contributed by atoms with van der Waals surface area (Å²) in [6.45, 7) is 1.77. The molecule has 1 heterocycles. The summed E-state index contributed by atoms with van der Waals surface area (Å²) in [5, 5.41) is 13.4. The van der Waals surface area contributed by atoms with Crippen molar-refractivity contribution in [3.05, 3.63) is 75.8 Å². The highest BCUT2D eigenvalue weighted by molar-refractivity contribution is 7.84. The molecule has 1 amide bonds. The number of carbonyl (C=O) groups is 1. The quantitative estimate of drug-likeness (QED) is 0.748. The van der Waals surface area contributed by atoms with E-state index in [9.17, 15) is 10.1 Å². The van der Waals surface area contributed by atoms with Crippen LogP contribution in [0.2, 0.25) is 5.02 Å². The van der Waals surface area contributed by atoms with Crippen molar-refractivity contribution in [1.82, 2.24) is 0 Å². The number of anilines is 1. The van der Waals surface area contributed by atoms with Crippen molar-refractivity contribution < 1.29 is 4.79 Å². The fraction of sp³-hybridized carbons (Fsp3) is 0.150. The minimum absolute atomic E-state index is 0.240. The fourth-order valence-electron chi connectivity index (χ4n) is 3.11. The summed E-state index contributed by atoms with van der Waals surface area (Å²) in [6, 6.07) is 18.6. The molecular formula is C20H16ClN3OS. The number of carbonyl (C=O) groups excluding carboxylic acids is 1. The van der Waals surface area contributed by atoms with E-state index in [2.05, 4.69) is 29.0 Å². The molecular weight excluding hydrogens is 366 g/mol. The minimum Gasteiger partial charge on any atom is -0.325 e. The van der Waals surface area contributed by atoms with Gasteiger partial charge < -0.3 is 5.32 Å². The first-order valence-electron chi connectivity index (χ1n) is 8.01. The maximum Gasteiger partial charge on any atom is 0.234 e. The Balaban J connectivity index is 2.06. The van der Waals surface area contributed by atoms with E-state index in [1.54, 1.807) is 13.0 Å². The van der Waals surface area contributed by atoms with Gasteiger partial charge in [0, 0.05) is 22.3 Å². The van der Waals surface area contributed by atoms with Crippen LogP contribution in [0.3, 0.4) is 0 Å². The smallest absolute Gasteiger partial charge is 0.234 e. The summed E-state index contributed by atoms with van der Waals surface area (Å²) >= 11 is 10.7. The Morgan fingerprint density at radius 2 is 1.85 bits per heavy atom. The first-order valence-corrected chi connectivity index (χ1v) is 8.84. The van der Waals surface area contributed by atoms with Gasteiger partial charge in [-0.3, -0.25) is 4.79 Å². The monoisotopic (exact) mass is 381 g/mol. The van der Waals surface area contributed by atoms with Crippen LogP contribution in [0, 0.1) is 17.2 Å². The number of halogens is 1. The summed E-state index contributed by atoms with van der Waals surface area (Å²) in [5.74, 6) is -1.43. The first kappa shape index (κ1) is 18.2. The molecule has 3 rings (SSSR count). The summed E-state index contributed by atoms with van der Waals surface area (Å²) in [4.78, 5) is 17.4. The number of aliphatic imine (C=N–C) groups is 1. The van der Waals surface area contributed by atoms with E-state index in [0.29, 0.717) is 32.6 Å². The highest BCUT2D eigenvalue weighted by atomic mass is 35.5. The van der Waals surface area contributed by atoms with Gasteiger partial charge in [-0.15, -0.1) is 12.6 Å². The molecule has 1 aliphatic heterocycles. The van der Waals surface area contributed by atoms with E-state index in [1.807, 2.05) is 48.5 Å². The molecule has 0 fully saturated rings. The van der Waals surface area contributed by atoms with Gasteiger partial charge in [-0.2, -0.15) is 5.26 Å². The Morgan fingerprint density at radius 1 is 1.19 bits per heavy atom. The zero-order valence-electron chi connectivity index (χ0n) is 14.0. The lowest BCUT2D eigenvalue weighted by molar-refractivity contribution is -0.118. The van der Waals surface area contributed by atoms with Gasteiger partial charge in [-0.1, -0.05) is 48.0 Å². The molecule has 2 aromatic carbocycles. The Kier molecular flexibility index (Phi) is 5.46. The topological polar surface area (TPSA) is 65.2 Å². The number of rotatable bonds is 3. The molecule has 0 spiro atoms. The number of benzene rings is 2. The highest BCUT2D eigenvalue weighted by Crippen LogP contribution is 2.42. The van der Waals surface area contributed by atoms with Crippen LogP contribution in [0.5, 0.6) is 0 Å². The third-order valence-corrected chi connectivity index (χ3v) is 4.99. The SMILES string of the molecule is CC1=NC(S)=C(C#N)[C@H](c2ccccc2Cl)C1C(=O)Nc1ccccc1. The Bertz CT molecular complexity index is 947. The second-order valence-corrected chi connectivity index (χ2v) is 6.77. The van der Waals surface area contributed by atoms with Crippen LogP contribution >= 0.6 is 24.2 Å². The molecule has 6 heteroatoms. The van der Waals surface area contributed by atoms with Gasteiger partial charge in [0.25, 0.3) is 0 Å². The molecule has 0 saturated carbocycles. The number of allylic oxidation sites excluding steroid dienone is 1. The molecule has 0 aromatic heterocycles. The van der Waals surface area contributed by atoms with Gasteiger partial charge in [0.2, 0.25) is 5.91 Å². The Morgan fingerprint density at radius 3 is 2.50 bits per heavy atom. The van der Waals surface area contributed by atoms with Crippen molar-refractivity contribution >= 4 is 41.5 Å². The van der Waals surface area contributed by atoms with E-state index in [0.717, 1.165) is 0 Å². The lowest BCUT2D eigenvalue weighted by atomic mass is 9.76. The lowest BCUT2D eigenvalue weighted by Gasteiger charge is -2.30. The normalized spacial score (nSPS) is 19.5. The van der Waals surface area contributed by atoms with Crippen LogP contribution in [-0.4, -0.2) is 11.6 Å². The molecule has 2 atom stereocenters. The minimum atomic E-state index is -0.652. The van der Waals surface area contributed by atoms with E-state index in [-0.39, 0.29) is 5.91 Å². The summed E-state index contributed by atoms with van der Waals surface area (Å²) in [5.41, 5.74) is 2.31. The number of nitriles is 1. The molecule has 26 heavy (non-hydrogen) atoms. The highest BCUT2D eigenvalue weighted by Gasteiger charge is 2.39. The fourth-order valence-corrected chi connectivity index (χ4v) is 3.71. The van der Waals surface area contributed by atoms with Crippen molar-refractivity contribution in [3.8, 4) is 6.07 Å². The lowest BCUT2D eigenvalue weighted by Crippen LogP contribution is -2.36. The molecule has 1 N–H and O–H groups in total. The van der Waals surface area contributed by atoms with Gasteiger partial charge in [0.15, 0.2) is 0 Å². The van der Waals surface area contributed by atoms with Crippen LogP contribution in [0.15, 0.2) is 70.2 Å². The standard InChI is InChI=1S/C20H16ClN3OS/c1-12-17(19(25)24-13-7-3-2-4-8-13)18(15(11-22)20(26)23-12)14-9-5-6-10-16(14)21/h2-10,17-18,26H,1H3,(H,24,25)/t17?,18-/m0/s1. The van der Waals surface area contributed by atoms with E-state index >= 15 is 0 Å². The average molecular weight is 382 g/mol. The van der Waals surface area contributed by atoms with Crippen molar-refractivity contribution in [2.24, 2.45) is 10.9 Å². The zero-order valence-corrected chi connectivity index (χ0v) is 15.6. The molecule has 130 valence electrons. The number of hydrogen-bond donors (Lipinski definition) is 2. The molecule has 1 aliphatic rings. The molecule has 0 saturated heterocycles. The first-order chi connectivity index (χ1) is 12.5. The third-order valence-electron chi connectivity index (χ3n) is 4.30. The van der Waals surface area contributed by atoms with E-state index in [1.165, 1.54) is 0 Å². The molecule has 2 aromatic rings. The molecule has 4 nitrogen and oxygen atoms in total. The number of para-hydroxylation sites is 1. The van der Waals surface area contributed by atoms with Crippen LogP contribution < -0.4 is 5.32 Å². The van der Waals surface area contributed by atoms with E-state index in [4.69, 9.17) is 11.6 Å². The summed E-state index contributed by atoms with van der Waals surface area (Å²) in [7, 11) is 0. The average Bonchev–Trinajstić information content (AvgIpc) is 2.62. The van der Waals surface area contributed by atoms with Crippen LogP contribution in [0.1, 0.15) is 18.4 Å². The maximum atomic E-state index is 13.0. The number of nitrogens with one attached hydrogen (secondary N) is 1. The van der Waals surface area contributed by atoms with Gasteiger partial charge in [0.1, 0.15) is 5.03 Å². The van der Waals surface area contributed by atoms with Crippen LogP contribution in [0.4, 0.5) is 5.69 Å². The maximum absolute atomic E-state index is 13.0. The molecule has 1 unspecified atom stereocenters. The number of amides is 1. The van der Waals surface area contributed by atoms with Gasteiger partial charge in [-0.05, 0) is 30.7 Å². The molecule has 0 bridgehead atoms. The second kappa shape index (κ2) is 7.77. The predicted molar refractivity (Wildman–Crippen MR) is 107 cm³/mol. The zero-order chi connectivity index (χ0) is 18.7. The van der Waals surface area contributed by atoms with Gasteiger partial charge in [-0.25, -0.2) is 4.99 Å². The Labute approximate surface area is 162 Å². The second-order valence-electron chi connectivity index (χ2n) is 5.93. The number of nitrogens with zero attached hydrogens (tertiary/aromatic N) is 2. The number of hydrogen-bond acceptors (Lipinski definition) is 4. The molecule has 0 radical (unpaired) electrons. The van der Waals surface area contributed by atoms with E-state index < -0.39 is 11.8 Å². The molecule has 0 aliphatic carbocycles. The Hall–Kier alpha value is -2.55. The van der Waals surface area contributed by atoms with Crippen molar-refractivity contribution in [2.45, 2.75) is 12.8 Å². The van der Waals surface area contributed by atoms with Crippen molar-refractivity contribution in [1.29, 1.82) is 5.26 Å². The summed E-state index contributed by atoms with van der Waals surface area (Å²) in [6.07, 6.45) is 0. The van der Waals surface area contributed by atoms with Gasteiger partial charge in [0.05, 0.1) is 17.6 Å². The van der Waals surface area contributed by atoms with Crippen LogP contribution in [-0.2, 0) is 4.79 Å².